The number of anilines is 1. The Morgan fingerprint density at radius 3 is 2.35 bits per heavy atom. The lowest BCUT2D eigenvalue weighted by Gasteiger charge is -2.28. The van der Waals surface area contributed by atoms with Crippen LogP contribution < -0.4 is 4.72 Å². The van der Waals surface area contributed by atoms with E-state index >= 15 is 0 Å². The molecule has 1 aliphatic rings. The maximum Gasteiger partial charge on any atom is 0.326 e. The van der Waals surface area contributed by atoms with Gasteiger partial charge in [0.15, 0.2) is 0 Å². The number of hydrogen-bond acceptors (Lipinski definition) is 3. The molecule has 5 nitrogen and oxygen atoms in total. The quantitative estimate of drug-likeness (QED) is 0.919. The summed E-state index contributed by atoms with van der Waals surface area (Å²) < 4.78 is 27.6. The van der Waals surface area contributed by atoms with Gasteiger partial charge in [-0.2, -0.15) is 8.42 Å². The van der Waals surface area contributed by atoms with E-state index in [1.807, 2.05) is 6.07 Å². The van der Waals surface area contributed by atoms with E-state index < -0.39 is 16.1 Å². The first-order valence-corrected chi connectivity index (χ1v) is 7.50. The zero-order chi connectivity index (χ0) is 14.2. The minimum atomic E-state index is -3.85. The Bertz CT molecular complexity index is 757. The van der Waals surface area contributed by atoms with Crippen LogP contribution >= 0.6 is 0 Å². The Balaban J connectivity index is 2.01. The molecule has 102 valence electrons. The smallest absolute Gasteiger partial charge is 0.268 e. The van der Waals surface area contributed by atoms with E-state index in [1.165, 1.54) is 0 Å². The van der Waals surface area contributed by atoms with Crippen molar-refractivity contribution < 1.29 is 13.2 Å². The maximum atomic E-state index is 12.3. The van der Waals surface area contributed by atoms with Crippen LogP contribution in [0, 0.1) is 0 Å². The van der Waals surface area contributed by atoms with Gasteiger partial charge < -0.3 is 0 Å². The fraction of sp³-hybridized carbons (Fsp3) is 0.0714. The first-order valence-electron chi connectivity index (χ1n) is 6.06. The largest absolute Gasteiger partial charge is 0.326 e. The maximum absolute atomic E-state index is 12.3. The van der Waals surface area contributed by atoms with Crippen molar-refractivity contribution in [3.63, 3.8) is 0 Å². The van der Waals surface area contributed by atoms with Gasteiger partial charge in [-0.1, -0.05) is 42.5 Å². The van der Waals surface area contributed by atoms with Crippen LogP contribution in [0.5, 0.6) is 0 Å². The summed E-state index contributed by atoms with van der Waals surface area (Å²) in [7, 11) is -3.85. The Morgan fingerprint density at radius 1 is 0.950 bits per heavy atom. The predicted octanol–water partition coefficient (Wildman–Crippen LogP) is 2.00. The number of rotatable bonds is 2. The van der Waals surface area contributed by atoms with Crippen molar-refractivity contribution in [3.05, 3.63) is 65.7 Å². The third-order valence-electron chi connectivity index (χ3n) is 3.08. The molecule has 0 saturated carbocycles. The highest BCUT2D eigenvalue weighted by molar-refractivity contribution is 7.91. The van der Waals surface area contributed by atoms with Gasteiger partial charge in [0.1, 0.15) is 0 Å². The number of benzene rings is 2. The second-order valence-electron chi connectivity index (χ2n) is 4.45. The molecule has 0 unspecified atom stereocenters. The molecule has 1 heterocycles. The molecule has 0 radical (unpaired) electrons. The number of amides is 1. The number of carbonyl (C=O) groups is 1. The van der Waals surface area contributed by atoms with Crippen LogP contribution in [0.2, 0.25) is 0 Å². The van der Waals surface area contributed by atoms with Crippen LogP contribution in [0.3, 0.4) is 0 Å². The molecule has 0 aliphatic carbocycles. The number of nitrogens with one attached hydrogen (secondary N) is 1. The van der Waals surface area contributed by atoms with Crippen LogP contribution in [0.4, 0.5) is 5.69 Å². The van der Waals surface area contributed by atoms with Crippen molar-refractivity contribution in [1.29, 1.82) is 0 Å². The van der Waals surface area contributed by atoms with Crippen LogP contribution in [0.25, 0.3) is 0 Å². The summed E-state index contributed by atoms with van der Waals surface area (Å²) in [5, 5.41) is 0. The second kappa shape index (κ2) is 4.64. The van der Waals surface area contributed by atoms with Crippen molar-refractivity contribution in [2.24, 2.45) is 0 Å². The summed E-state index contributed by atoms with van der Waals surface area (Å²) >= 11 is 0. The van der Waals surface area contributed by atoms with Gasteiger partial charge in [-0.05, 0) is 17.7 Å². The fourth-order valence-corrected chi connectivity index (χ4v) is 3.30. The topological polar surface area (TPSA) is 66.5 Å². The van der Waals surface area contributed by atoms with E-state index in [0.29, 0.717) is 11.3 Å². The molecular formula is C14H12N2O3S. The molecule has 1 N–H and O–H groups in total. The number of carbonyl (C=O) groups excluding carboxylic acids is 1. The van der Waals surface area contributed by atoms with Crippen molar-refractivity contribution in [2.75, 3.05) is 4.72 Å². The molecule has 1 aliphatic heterocycles. The van der Waals surface area contributed by atoms with Crippen molar-refractivity contribution in [1.82, 2.24) is 4.31 Å². The lowest BCUT2D eigenvalue weighted by Crippen LogP contribution is -2.44. The third kappa shape index (κ3) is 2.14. The van der Waals surface area contributed by atoms with E-state index in [9.17, 15) is 13.2 Å². The predicted molar refractivity (Wildman–Crippen MR) is 75.3 cm³/mol. The number of fused-ring (bicyclic) bond motifs is 1. The number of hydrogen-bond donors (Lipinski definition) is 1. The molecule has 2 aromatic carbocycles. The first-order chi connectivity index (χ1) is 9.58. The Labute approximate surface area is 117 Å². The number of para-hydroxylation sites is 1. The minimum absolute atomic E-state index is 0.0172. The minimum Gasteiger partial charge on any atom is -0.268 e. The molecule has 2 aromatic rings. The van der Waals surface area contributed by atoms with Gasteiger partial charge in [-0.25, -0.2) is 4.31 Å². The third-order valence-corrected chi connectivity index (χ3v) is 4.44. The standard InChI is InChI=1S/C14H12N2O3S/c17-14-12-8-4-5-9-13(12)15-20(18,19)16(14)10-11-6-2-1-3-7-11/h1-9,15H,10H2. The molecule has 6 heteroatoms. The lowest BCUT2D eigenvalue weighted by atomic mass is 10.1. The monoisotopic (exact) mass is 288 g/mol. The van der Waals surface area contributed by atoms with Gasteiger partial charge in [0, 0.05) is 0 Å². The second-order valence-corrected chi connectivity index (χ2v) is 6.05. The molecule has 0 atom stereocenters. The van der Waals surface area contributed by atoms with Crippen LogP contribution in [-0.2, 0) is 16.8 Å². The zero-order valence-corrected chi connectivity index (χ0v) is 11.3. The molecule has 1 amide bonds. The summed E-state index contributed by atoms with van der Waals surface area (Å²) in [6.45, 7) is 0.0172. The summed E-state index contributed by atoms with van der Waals surface area (Å²) in [6, 6.07) is 15.6. The molecule has 20 heavy (non-hydrogen) atoms. The lowest BCUT2D eigenvalue weighted by molar-refractivity contribution is 0.0853. The molecule has 0 spiro atoms. The van der Waals surface area contributed by atoms with Crippen LogP contribution in [-0.4, -0.2) is 18.6 Å². The Morgan fingerprint density at radius 2 is 1.60 bits per heavy atom. The van der Waals surface area contributed by atoms with E-state index in [-0.39, 0.29) is 6.54 Å². The fourth-order valence-electron chi connectivity index (χ4n) is 2.10. The van der Waals surface area contributed by atoms with Gasteiger partial charge >= 0.3 is 10.2 Å². The summed E-state index contributed by atoms with van der Waals surface area (Å²) in [5.41, 5.74) is 1.44. The van der Waals surface area contributed by atoms with Gasteiger partial charge in [0.2, 0.25) is 0 Å². The highest BCUT2D eigenvalue weighted by Crippen LogP contribution is 2.27. The van der Waals surface area contributed by atoms with Crippen molar-refractivity contribution in [3.8, 4) is 0 Å². The molecule has 0 saturated heterocycles. The van der Waals surface area contributed by atoms with Gasteiger partial charge in [-0.3, -0.25) is 9.52 Å². The van der Waals surface area contributed by atoms with Crippen LogP contribution in [0.15, 0.2) is 54.6 Å². The van der Waals surface area contributed by atoms with E-state index in [0.717, 1.165) is 9.87 Å². The zero-order valence-electron chi connectivity index (χ0n) is 10.5. The summed E-state index contributed by atoms with van der Waals surface area (Å²) in [5.74, 6) is -0.511. The highest BCUT2D eigenvalue weighted by atomic mass is 32.2. The first kappa shape index (κ1) is 12.7. The van der Waals surface area contributed by atoms with Gasteiger partial charge in [-0.15, -0.1) is 0 Å². The van der Waals surface area contributed by atoms with Crippen molar-refractivity contribution >= 4 is 21.8 Å². The Hall–Kier alpha value is -2.34. The van der Waals surface area contributed by atoms with E-state index in [2.05, 4.69) is 4.72 Å². The molecular weight excluding hydrogens is 276 g/mol. The summed E-state index contributed by atoms with van der Waals surface area (Å²) in [6.07, 6.45) is 0. The van der Waals surface area contributed by atoms with Crippen molar-refractivity contribution in [2.45, 2.75) is 6.54 Å². The Kier molecular flexibility index (Phi) is 2.94. The number of nitrogens with zero attached hydrogens (tertiary/aromatic N) is 1. The van der Waals surface area contributed by atoms with Gasteiger partial charge in [0.25, 0.3) is 5.91 Å². The van der Waals surface area contributed by atoms with Crippen LogP contribution in [0.1, 0.15) is 15.9 Å². The van der Waals surface area contributed by atoms with E-state index in [1.54, 1.807) is 48.5 Å². The molecule has 3 rings (SSSR count). The average Bonchev–Trinajstić information content (AvgIpc) is 2.44. The average molecular weight is 288 g/mol. The molecule has 0 bridgehead atoms. The SMILES string of the molecule is O=C1c2ccccc2NS(=O)(=O)N1Cc1ccccc1. The van der Waals surface area contributed by atoms with Gasteiger partial charge in [0.05, 0.1) is 17.8 Å². The summed E-state index contributed by atoms with van der Waals surface area (Å²) in [4.78, 5) is 12.3. The highest BCUT2D eigenvalue weighted by Gasteiger charge is 2.35. The normalized spacial score (nSPS) is 16.4. The van der Waals surface area contributed by atoms with E-state index in [4.69, 9.17) is 0 Å². The molecule has 0 fully saturated rings. The molecule has 0 aromatic heterocycles.